The number of carbonyl (C=O) groups excluding carboxylic acids is 2. The van der Waals surface area contributed by atoms with Gasteiger partial charge in [-0.15, -0.1) is 0 Å². The van der Waals surface area contributed by atoms with E-state index in [1.54, 1.807) is 24.5 Å². The molecule has 0 saturated carbocycles. The predicted octanol–water partition coefficient (Wildman–Crippen LogP) is 2.48. The number of allylic oxidation sites excluding steroid dienone is 1. The summed E-state index contributed by atoms with van der Waals surface area (Å²) in [6, 6.07) is 3.95. The third-order valence-corrected chi connectivity index (χ3v) is 6.73. The predicted molar refractivity (Wildman–Crippen MR) is 112 cm³/mol. The first-order valence-electron chi connectivity index (χ1n) is 10.9. The molecule has 2 bridgehead atoms. The molecular weight excluding hydrogens is 364 g/mol. The molecule has 156 valence electrons. The van der Waals surface area contributed by atoms with E-state index in [-0.39, 0.29) is 17.9 Å². The summed E-state index contributed by atoms with van der Waals surface area (Å²) in [6.07, 6.45) is 9.43. The molecule has 2 amide bonds. The van der Waals surface area contributed by atoms with Crippen LogP contribution in [-0.4, -0.2) is 64.9 Å². The van der Waals surface area contributed by atoms with E-state index in [1.807, 2.05) is 0 Å². The van der Waals surface area contributed by atoms with E-state index in [1.165, 1.54) is 5.57 Å². The molecule has 4 atom stereocenters. The lowest BCUT2D eigenvalue weighted by Gasteiger charge is -2.56. The Kier molecular flexibility index (Phi) is 5.99. The Morgan fingerprint density at radius 2 is 2.14 bits per heavy atom. The third-order valence-electron chi connectivity index (χ3n) is 6.73. The van der Waals surface area contributed by atoms with Crippen LogP contribution in [0.25, 0.3) is 0 Å². The minimum Gasteiger partial charge on any atom is -0.350 e. The molecule has 0 aromatic carbocycles. The van der Waals surface area contributed by atoms with Gasteiger partial charge in [0.25, 0.3) is 5.91 Å². The average Bonchev–Trinajstić information content (AvgIpc) is 2.73. The molecule has 3 aliphatic rings. The number of fused-ring (bicyclic) bond motifs is 4. The van der Waals surface area contributed by atoms with Crippen LogP contribution >= 0.6 is 0 Å². The van der Waals surface area contributed by atoms with E-state index in [2.05, 4.69) is 40.0 Å². The molecule has 3 aliphatic heterocycles. The van der Waals surface area contributed by atoms with Crippen molar-refractivity contribution in [1.29, 1.82) is 0 Å². The van der Waals surface area contributed by atoms with Gasteiger partial charge in [0.1, 0.15) is 0 Å². The highest BCUT2D eigenvalue weighted by molar-refractivity contribution is 5.93. The third kappa shape index (κ3) is 4.37. The maximum atomic E-state index is 12.9. The van der Waals surface area contributed by atoms with Gasteiger partial charge in [0.2, 0.25) is 5.91 Å². The van der Waals surface area contributed by atoms with Crippen LogP contribution in [0, 0.1) is 11.8 Å². The summed E-state index contributed by atoms with van der Waals surface area (Å²) in [4.78, 5) is 34.2. The number of hydrogen-bond acceptors (Lipinski definition) is 4. The molecule has 1 N–H and O–H groups in total. The first-order chi connectivity index (χ1) is 14.0. The topological polar surface area (TPSA) is 65.5 Å². The maximum Gasteiger partial charge on any atom is 0.252 e. The Morgan fingerprint density at radius 3 is 2.90 bits per heavy atom. The zero-order valence-corrected chi connectivity index (χ0v) is 17.5. The zero-order valence-electron chi connectivity index (χ0n) is 17.5. The van der Waals surface area contributed by atoms with Gasteiger partial charge < -0.3 is 10.2 Å². The van der Waals surface area contributed by atoms with Gasteiger partial charge >= 0.3 is 0 Å². The van der Waals surface area contributed by atoms with Crippen LogP contribution in [0.15, 0.2) is 36.2 Å². The van der Waals surface area contributed by atoms with Crippen molar-refractivity contribution >= 4 is 11.8 Å². The van der Waals surface area contributed by atoms with Gasteiger partial charge in [-0.05, 0) is 57.1 Å². The second-order valence-electron chi connectivity index (χ2n) is 9.04. The minimum atomic E-state index is -0.113. The van der Waals surface area contributed by atoms with Crippen molar-refractivity contribution in [2.24, 2.45) is 11.8 Å². The molecule has 3 saturated heterocycles. The van der Waals surface area contributed by atoms with Crippen molar-refractivity contribution in [3.05, 3.63) is 41.7 Å². The van der Waals surface area contributed by atoms with E-state index in [4.69, 9.17) is 0 Å². The molecule has 4 rings (SSSR count). The summed E-state index contributed by atoms with van der Waals surface area (Å²) in [5, 5.41) is 3.09. The number of hydrogen-bond donors (Lipinski definition) is 1. The molecule has 0 unspecified atom stereocenters. The lowest BCUT2D eigenvalue weighted by Crippen LogP contribution is -2.67. The Morgan fingerprint density at radius 1 is 1.31 bits per heavy atom. The smallest absolute Gasteiger partial charge is 0.252 e. The number of carbonyl (C=O) groups is 2. The van der Waals surface area contributed by atoms with Crippen molar-refractivity contribution in [1.82, 2.24) is 20.1 Å². The second kappa shape index (κ2) is 8.66. The van der Waals surface area contributed by atoms with Crippen molar-refractivity contribution < 1.29 is 9.59 Å². The summed E-state index contributed by atoms with van der Waals surface area (Å²) in [7, 11) is 0. The normalized spacial score (nSPS) is 29.2. The molecule has 29 heavy (non-hydrogen) atoms. The van der Waals surface area contributed by atoms with E-state index < -0.39 is 0 Å². The highest BCUT2D eigenvalue weighted by Crippen LogP contribution is 2.41. The molecule has 1 aromatic rings. The molecule has 6 nitrogen and oxygen atoms in total. The van der Waals surface area contributed by atoms with E-state index in [9.17, 15) is 9.59 Å². The number of piperidine rings is 3. The summed E-state index contributed by atoms with van der Waals surface area (Å²) >= 11 is 0. The zero-order chi connectivity index (χ0) is 20.4. The fraction of sp³-hybridized carbons (Fsp3) is 0.609. The minimum absolute atomic E-state index is 0.0826. The van der Waals surface area contributed by atoms with Crippen LogP contribution in [0.5, 0.6) is 0 Å². The van der Waals surface area contributed by atoms with Crippen LogP contribution in [0.4, 0.5) is 0 Å². The van der Waals surface area contributed by atoms with Gasteiger partial charge in [0.05, 0.1) is 11.6 Å². The summed E-state index contributed by atoms with van der Waals surface area (Å²) in [5.41, 5.74) is 1.91. The second-order valence-corrected chi connectivity index (χ2v) is 9.04. The van der Waals surface area contributed by atoms with Crippen LogP contribution < -0.4 is 5.32 Å². The van der Waals surface area contributed by atoms with Gasteiger partial charge in [-0.1, -0.05) is 11.6 Å². The van der Waals surface area contributed by atoms with Crippen molar-refractivity contribution in [2.45, 2.75) is 51.6 Å². The lowest BCUT2D eigenvalue weighted by atomic mass is 9.72. The molecule has 4 heterocycles. The monoisotopic (exact) mass is 396 g/mol. The highest BCUT2D eigenvalue weighted by atomic mass is 16.2. The van der Waals surface area contributed by atoms with E-state index in [0.29, 0.717) is 36.4 Å². The van der Waals surface area contributed by atoms with E-state index in [0.717, 1.165) is 38.9 Å². The standard InChI is InChI=1S/C23H32N4O2/c1-16(2)8-10-26-14-18-11-19(15-26)21(27-20(18)6-3-7-22(27)28)13-25-23(29)17-5-4-9-24-12-17/h4-5,8-9,12,18-21H,3,6-7,10-11,13-15H2,1-2H3,(H,25,29)/t18-,19+,20+,21+/m1/s1. The molecule has 6 heteroatoms. The summed E-state index contributed by atoms with van der Waals surface area (Å²) in [6.45, 7) is 7.84. The first-order valence-corrected chi connectivity index (χ1v) is 10.9. The fourth-order valence-electron chi connectivity index (χ4n) is 5.39. The first kappa shape index (κ1) is 20.1. The largest absolute Gasteiger partial charge is 0.350 e. The SMILES string of the molecule is CC(C)=CCN1C[C@H]2C[C@@H](C1)[C@H](CNC(=O)c1cccnc1)N1C(=O)CCC[C@@H]21. The van der Waals surface area contributed by atoms with Gasteiger partial charge in [-0.2, -0.15) is 0 Å². The van der Waals surface area contributed by atoms with Gasteiger partial charge in [-0.25, -0.2) is 0 Å². The number of aromatic nitrogens is 1. The number of nitrogens with one attached hydrogen (secondary N) is 1. The van der Waals surface area contributed by atoms with Gasteiger partial charge in [0, 0.05) is 51.0 Å². The summed E-state index contributed by atoms with van der Waals surface area (Å²) in [5.74, 6) is 1.12. The number of rotatable bonds is 5. The van der Waals surface area contributed by atoms with Crippen molar-refractivity contribution in [3.8, 4) is 0 Å². The van der Waals surface area contributed by atoms with Gasteiger partial charge in [0.15, 0.2) is 0 Å². The molecule has 0 spiro atoms. The van der Waals surface area contributed by atoms with Crippen molar-refractivity contribution in [3.63, 3.8) is 0 Å². The number of nitrogens with zero attached hydrogens (tertiary/aromatic N) is 3. The molecule has 3 fully saturated rings. The highest BCUT2D eigenvalue weighted by Gasteiger charge is 2.49. The fourth-order valence-corrected chi connectivity index (χ4v) is 5.39. The van der Waals surface area contributed by atoms with Crippen LogP contribution in [0.2, 0.25) is 0 Å². The van der Waals surface area contributed by atoms with Crippen LogP contribution in [-0.2, 0) is 4.79 Å². The Labute approximate surface area is 173 Å². The van der Waals surface area contributed by atoms with E-state index >= 15 is 0 Å². The Hall–Kier alpha value is -2.21. The quantitative estimate of drug-likeness (QED) is 0.777. The molecule has 0 aliphatic carbocycles. The molecular formula is C23H32N4O2. The Bertz CT molecular complexity index is 774. The Balaban J connectivity index is 1.50. The summed E-state index contributed by atoms with van der Waals surface area (Å²) < 4.78 is 0. The van der Waals surface area contributed by atoms with Gasteiger partial charge in [-0.3, -0.25) is 19.5 Å². The number of pyridine rings is 1. The lowest BCUT2D eigenvalue weighted by molar-refractivity contribution is -0.152. The number of amides is 2. The van der Waals surface area contributed by atoms with Crippen molar-refractivity contribution in [2.75, 3.05) is 26.2 Å². The molecule has 0 radical (unpaired) electrons. The van der Waals surface area contributed by atoms with Crippen LogP contribution in [0.1, 0.15) is 49.9 Å². The maximum absolute atomic E-state index is 12.9. The number of likely N-dealkylation sites (tertiary alicyclic amines) is 1. The van der Waals surface area contributed by atoms with Crippen LogP contribution in [0.3, 0.4) is 0 Å². The molecule has 1 aromatic heterocycles. The average molecular weight is 397 g/mol.